The van der Waals surface area contributed by atoms with E-state index in [-0.39, 0.29) is 44.1 Å². The van der Waals surface area contributed by atoms with Crippen LogP contribution in [0, 0.1) is 0 Å². The Hall–Kier alpha value is -2.96. The summed E-state index contributed by atoms with van der Waals surface area (Å²) in [4.78, 5) is 26.8. The van der Waals surface area contributed by atoms with E-state index in [9.17, 15) is 23.5 Å². The second-order valence-corrected chi connectivity index (χ2v) is 6.53. The number of carbonyl (C=O) groups excluding carboxylic acids is 2. The van der Waals surface area contributed by atoms with Crippen molar-refractivity contribution < 1.29 is 23.5 Å². The predicted octanol–water partition coefficient (Wildman–Crippen LogP) is 2.91. The van der Waals surface area contributed by atoms with Gasteiger partial charge in [0, 0.05) is 31.6 Å². The van der Waals surface area contributed by atoms with Crippen molar-refractivity contribution in [1.82, 2.24) is 4.90 Å². The van der Waals surface area contributed by atoms with Crippen LogP contribution in [0.5, 0.6) is 0 Å². The topological polar surface area (TPSA) is 63.7 Å². The average Bonchev–Trinajstić information content (AvgIpc) is 2.66. The molecule has 0 bridgehead atoms. The summed E-state index contributed by atoms with van der Waals surface area (Å²) in [7, 11) is 0. The van der Waals surface area contributed by atoms with Crippen LogP contribution in [0.25, 0.3) is 0 Å². The number of aromatic carboxylic acids is 1. The molecular weight excluding hydrogens is 354 g/mol. The highest BCUT2D eigenvalue weighted by Crippen LogP contribution is 2.29. The van der Waals surface area contributed by atoms with Crippen molar-refractivity contribution >= 4 is 17.7 Å². The Bertz CT molecular complexity index is 800. The van der Waals surface area contributed by atoms with Gasteiger partial charge in [0.05, 0.1) is 12.5 Å². The third kappa shape index (κ3) is 4.61. The second-order valence-electron chi connectivity index (χ2n) is 6.53. The number of hydrogen-bond acceptors (Lipinski definition) is 3. The summed E-state index contributed by atoms with van der Waals surface area (Å²) in [5.41, 5.74) is 1.41. The summed E-state index contributed by atoms with van der Waals surface area (Å²) in [6.07, 6.45) is -0.691. The van der Waals surface area contributed by atoms with Crippen LogP contribution in [0.4, 0.5) is 19.3 Å². The first-order chi connectivity index (χ1) is 12.9. The third-order valence-corrected chi connectivity index (χ3v) is 4.59. The molecule has 1 saturated heterocycles. The summed E-state index contributed by atoms with van der Waals surface area (Å²) >= 11 is 0. The summed E-state index contributed by atoms with van der Waals surface area (Å²) < 4.78 is 26.8. The van der Waals surface area contributed by atoms with Gasteiger partial charge in [-0.2, -0.15) is 0 Å². The molecule has 0 atom stereocenters. The number of hydrogen-bond donors (Lipinski definition) is 0. The fourth-order valence-electron chi connectivity index (χ4n) is 3.00. The smallest absolute Gasteiger partial charge is 0.324 e. The number of alkyl halides is 2. The van der Waals surface area contributed by atoms with Crippen molar-refractivity contribution in [1.29, 1.82) is 0 Å². The fourth-order valence-corrected chi connectivity index (χ4v) is 3.00. The largest absolute Gasteiger partial charge is 0.545 e. The average molecular weight is 373 g/mol. The highest BCUT2D eigenvalue weighted by Gasteiger charge is 2.37. The van der Waals surface area contributed by atoms with Crippen molar-refractivity contribution in [3.8, 4) is 0 Å². The zero-order valence-corrected chi connectivity index (χ0v) is 14.6. The monoisotopic (exact) mass is 373 g/mol. The van der Waals surface area contributed by atoms with Crippen LogP contribution in [-0.4, -0.2) is 35.9 Å². The maximum absolute atomic E-state index is 13.4. The van der Waals surface area contributed by atoms with Gasteiger partial charge < -0.3 is 14.8 Å². The van der Waals surface area contributed by atoms with E-state index < -0.39 is 11.9 Å². The number of piperidine rings is 1. The summed E-state index contributed by atoms with van der Waals surface area (Å²) in [5, 5.41) is 10.9. The van der Waals surface area contributed by atoms with Gasteiger partial charge in [-0.15, -0.1) is 0 Å². The van der Waals surface area contributed by atoms with Gasteiger partial charge in [-0.05, 0) is 23.3 Å². The highest BCUT2D eigenvalue weighted by atomic mass is 19.3. The Morgan fingerprint density at radius 3 is 2.15 bits per heavy atom. The normalized spacial score (nSPS) is 16.0. The SMILES string of the molecule is O=C([O-])c1ccc(CN(C(=O)N2CCC(F)(F)CC2)c2ccccc2)cc1. The van der Waals surface area contributed by atoms with E-state index in [0.717, 1.165) is 5.56 Å². The number of anilines is 1. The molecule has 2 aromatic rings. The molecule has 2 amide bonds. The first kappa shape index (κ1) is 18.8. The Morgan fingerprint density at radius 1 is 1.00 bits per heavy atom. The van der Waals surface area contributed by atoms with Crippen molar-refractivity contribution in [2.75, 3.05) is 18.0 Å². The number of halogens is 2. The Labute approximate surface area is 155 Å². The molecule has 0 radical (unpaired) electrons. The van der Waals surface area contributed by atoms with E-state index in [1.807, 2.05) is 6.07 Å². The summed E-state index contributed by atoms with van der Waals surface area (Å²) in [5.74, 6) is -4.00. The number of carboxylic acids is 1. The number of para-hydroxylation sites is 1. The van der Waals surface area contributed by atoms with Gasteiger partial charge in [-0.25, -0.2) is 13.6 Å². The third-order valence-electron chi connectivity index (χ3n) is 4.59. The van der Waals surface area contributed by atoms with Crippen LogP contribution in [0.15, 0.2) is 54.6 Å². The summed E-state index contributed by atoms with van der Waals surface area (Å²) in [6, 6.07) is 14.6. The number of nitrogens with zero attached hydrogens (tertiary/aromatic N) is 2. The zero-order valence-electron chi connectivity index (χ0n) is 14.6. The van der Waals surface area contributed by atoms with Gasteiger partial charge in [0.25, 0.3) is 5.92 Å². The first-order valence-electron chi connectivity index (χ1n) is 8.65. The molecule has 5 nitrogen and oxygen atoms in total. The number of carbonyl (C=O) groups is 2. The molecule has 2 aromatic carbocycles. The molecular formula is C20H19F2N2O3-. The van der Waals surface area contributed by atoms with E-state index in [2.05, 4.69) is 0 Å². The quantitative estimate of drug-likeness (QED) is 0.828. The molecule has 7 heteroatoms. The van der Waals surface area contributed by atoms with E-state index in [1.54, 1.807) is 36.4 Å². The minimum Gasteiger partial charge on any atom is -0.545 e. The minimum atomic E-state index is -2.73. The lowest BCUT2D eigenvalue weighted by atomic mass is 10.1. The minimum absolute atomic E-state index is 0.00120. The Balaban J connectivity index is 1.81. The second kappa shape index (κ2) is 7.73. The van der Waals surface area contributed by atoms with Gasteiger partial charge in [0.2, 0.25) is 0 Å². The van der Waals surface area contributed by atoms with Crippen LogP contribution in [-0.2, 0) is 6.54 Å². The number of amides is 2. The molecule has 0 aromatic heterocycles. The van der Waals surface area contributed by atoms with Crippen molar-refractivity contribution in [3.63, 3.8) is 0 Å². The molecule has 0 unspecified atom stereocenters. The number of likely N-dealkylation sites (tertiary alicyclic amines) is 1. The molecule has 0 N–H and O–H groups in total. The standard InChI is InChI=1S/C20H20F2N2O3/c21-20(22)10-12-23(13-11-20)19(27)24(17-4-2-1-3-5-17)14-15-6-8-16(9-7-15)18(25)26/h1-9H,10-14H2,(H,25,26)/p-1. The molecule has 3 rings (SSSR count). The van der Waals surface area contributed by atoms with Crippen molar-refractivity contribution in [2.45, 2.75) is 25.3 Å². The molecule has 142 valence electrons. The molecule has 1 fully saturated rings. The Morgan fingerprint density at radius 2 is 1.59 bits per heavy atom. The van der Waals surface area contributed by atoms with Gasteiger partial charge in [0.15, 0.2) is 0 Å². The molecule has 1 aliphatic rings. The van der Waals surface area contributed by atoms with Crippen LogP contribution in [0.2, 0.25) is 0 Å². The lowest BCUT2D eigenvalue weighted by Gasteiger charge is -2.35. The van der Waals surface area contributed by atoms with E-state index in [0.29, 0.717) is 5.69 Å². The first-order valence-corrected chi connectivity index (χ1v) is 8.65. The van der Waals surface area contributed by atoms with Crippen molar-refractivity contribution in [2.24, 2.45) is 0 Å². The molecule has 1 aliphatic heterocycles. The molecule has 0 spiro atoms. The predicted molar refractivity (Wildman–Crippen MR) is 94.5 cm³/mol. The van der Waals surface area contributed by atoms with E-state index in [1.165, 1.54) is 21.9 Å². The summed E-state index contributed by atoms with van der Waals surface area (Å²) in [6.45, 7) is 0.195. The number of rotatable bonds is 4. The van der Waals surface area contributed by atoms with Gasteiger partial charge in [0.1, 0.15) is 0 Å². The van der Waals surface area contributed by atoms with Crippen LogP contribution in [0.1, 0.15) is 28.8 Å². The lowest BCUT2D eigenvalue weighted by Crippen LogP contribution is -2.48. The molecule has 27 heavy (non-hydrogen) atoms. The van der Waals surface area contributed by atoms with Crippen LogP contribution in [0.3, 0.4) is 0 Å². The fraction of sp³-hybridized carbons (Fsp3) is 0.300. The maximum atomic E-state index is 13.4. The van der Waals surface area contributed by atoms with Crippen molar-refractivity contribution in [3.05, 3.63) is 65.7 Å². The number of urea groups is 1. The molecule has 0 aliphatic carbocycles. The molecule has 0 saturated carbocycles. The van der Waals surface area contributed by atoms with Gasteiger partial charge in [-0.3, -0.25) is 4.90 Å². The lowest BCUT2D eigenvalue weighted by molar-refractivity contribution is -0.255. The van der Waals surface area contributed by atoms with E-state index in [4.69, 9.17) is 0 Å². The molecule has 1 heterocycles. The van der Waals surface area contributed by atoms with Gasteiger partial charge >= 0.3 is 6.03 Å². The number of benzene rings is 2. The van der Waals surface area contributed by atoms with Gasteiger partial charge in [-0.1, -0.05) is 42.5 Å². The number of carboxylic acid groups (broad SMARTS) is 1. The van der Waals surface area contributed by atoms with Crippen LogP contribution < -0.4 is 10.0 Å². The maximum Gasteiger partial charge on any atom is 0.324 e. The van der Waals surface area contributed by atoms with E-state index >= 15 is 0 Å². The zero-order chi connectivity index (χ0) is 19.4. The van der Waals surface area contributed by atoms with Crippen LogP contribution >= 0.6 is 0 Å². The Kier molecular flexibility index (Phi) is 5.39. The highest BCUT2D eigenvalue weighted by molar-refractivity contribution is 5.92.